The predicted octanol–water partition coefficient (Wildman–Crippen LogP) is 2.58. The third kappa shape index (κ3) is 4.12. The first kappa shape index (κ1) is 17.1. The van der Waals surface area contributed by atoms with E-state index < -0.39 is 23.5 Å². The van der Waals surface area contributed by atoms with E-state index in [9.17, 15) is 19.1 Å². The maximum absolute atomic E-state index is 14.1. The van der Waals surface area contributed by atoms with Crippen molar-refractivity contribution in [3.05, 3.63) is 29.6 Å². The lowest BCUT2D eigenvalue weighted by Crippen LogP contribution is -2.50. The number of rotatable bonds is 2. The molecule has 1 fully saturated rings. The number of ether oxygens (including phenoxy) is 1. The van der Waals surface area contributed by atoms with E-state index in [1.807, 2.05) is 0 Å². The Morgan fingerprint density at radius 3 is 2.30 bits per heavy atom. The van der Waals surface area contributed by atoms with Crippen molar-refractivity contribution in [1.29, 1.82) is 0 Å². The fraction of sp³-hybridized carbons (Fsp3) is 0.500. The highest BCUT2D eigenvalue weighted by atomic mass is 19.1. The van der Waals surface area contributed by atoms with Gasteiger partial charge in [-0.2, -0.15) is 0 Å². The molecular formula is C16H21FN2O4. The normalized spacial score (nSPS) is 15.5. The highest BCUT2D eigenvalue weighted by molar-refractivity contribution is 5.94. The van der Waals surface area contributed by atoms with E-state index in [1.165, 1.54) is 18.2 Å². The topological polar surface area (TPSA) is 70.1 Å². The van der Waals surface area contributed by atoms with Gasteiger partial charge in [0.25, 0.3) is 0 Å². The number of hydrogen-bond donors (Lipinski definition) is 1. The number of carboxylic acid groups (broad SMARTS) is 1. The first-order valence-electron chi connectivity index (χ1n) is 7.44. The predicted molar refractivity (Wildman–Crippen MR) is 83.4 cm³/mol. The molecule has 0 radical (unpaired) electrons. The number of anilines is 1. The molecule has 7 heteroatoms. The van der Waals surface area contributed by atoms with E-state index in [0.717, 1.165) is 0 Å². The lowest BCUT2D eigenvalue weighted by molar-refractivity contribution is 0.0240. The van der Waals surface area contributed by atoms with Crippen molar-refractivity contribution in [2.75, 3.05) is 31.1 Å². The lowest BCUT2D eigenvalue weighted by atomic mass is 10.1. The first-order valence-corrected chi connectivity index (χ1v) is 7.44. The highest BCUT2D eigenvalue weighted by Gasteiger charge is 2.28. The summed E-state index contributed by atoms with van der Waals surface area (Å²) in [6, 6.07) is 3.99. The summed E-state index contributed by atoms with van der Waals surface area (Å²) in [6.07, 6.45) is -0.413. The fourth-order valence-corrected chi connectivity index (χ4v) is 2.45. The van der Waals surface area contributed by atoms with Crippen molar-refractivity contribution in [1.82, 2.24) is 4.90 Å². The van der Waals surface area contributed by atoms with E-state index in [0.29, 0.717) is 26.2 Å². The fourth-order valence-electron chi connectivity index (χ4n) is 2.45. The summed E-state index contributed by atoms with van der Waals surface area (Å²) in [7, 11) is 0. The Morgan fingerprint density at radius 1 is 1.17 bits per heavy atom. The highest BCUT2D eigenvalue weighted by Crippen LogP contribution is 2.26. The van der Waals surface area contributed by atoms with Gasteiger partial charge in [-0.1, -0.05) is 6.07 Å². The Labute approximate surface area is 134 Å². The molecule has 2 rings (SSSR count). The van der Waals surface area contributed by atoms with Crippen LogP contribution in [0.1, 0.15) is 31.1 Å². The Balaban J connectivity index is 2.08. The quantitative estimate of drug-likeness (QED) is 0.905. The average molecular weight is 324 g/mol. The van der Waals surface area contributed by atoms with E-state index in [4.69, 9.17) is 4.74 Å². The number of nitrogens with zero attached hydrogens (tertiary/aromatic N) is 2. The minimum absolute atomic E-state index is 0.0730. The second-order valence-corrected chi connectivity index (χ2v) is 6.40. The number of carbonyl (C=O) groups is 2. The Hall–Kier alpha value is -2.31. The van der Waals surface area contributed by atoms with E-state index in [-0.39, 0.29) is 11.3 Å². The van der Waals surface area contributed by atoms with Gasteiger partial charge in [-0.25, -0.2) is 14.0 Å². The van der Waals surface area contributed by atoms with Crippen LogP contribution in [0, 0.1) is 5.82 Å². The van der Waals surface area contributed by atoms with Crippen LogP contribution >= 0.6 is 0 Å². The van der Waals surface area contributed by atoms with E-state index in [2.05, 4.69) is 0 Å². The number of para-hydroxylation sites is 1. The molecule has 0 unspecified atom stereocenters. The van der Waals surface area contributed by atoms with Gasteiger partial charge in [0.1, 0.15) is 11.4 Å². The molecule has 0 spiro atoms. The zero-order chi connectivity index (χ0) is 17.2. The van der Waals surface area contributed by atoms with E-state index >= 15 is 0 Å². The molecule has 1 aromatic rings. The van der Waals surface area contributed by atoms with Crippen molar-refractivity contribution >= 4 is 17.7 Å². The monoisotopic (exact) mass is 324 g/mol. The molecule has 1 aliphatic rings. The molecule has 0 bridgehead atoms. The number of carboxylic acids is 1. The van der Waals surface area contributed by atoms with Gasteiger partial charge in [0, 0.05) is 26.2 Å². The Kier molecular flexibility index (Phi) is 4.77. The van der Waals surface area contributed by atoms with Crippen LogP contribution in [-0.4, -0.2) is 53.8 Å². The van der Waals surface area contributed by atoms with Crippen molar-refractivity contribution in [2.45, 2.75) is 26.4 Å². The molecule has 1 N–H and O–H groups in total. The molecule has 126 valence electrons. The van der Waals surface area contributed by atoms with Gasteiger partial charge < -0.3 is 19.6 Å². The van der Waals surface area contributed by atoms with Gasteiger partial charge in [0.2, 0.25) is 0 Å². The van der Waals surface area contributed by atoms with Gasteiger partial charge in [-0.05, 0) is 32.9 Å². The summed E-state index contributed by atoms with van der Waals surface area (Å²) in [5, 5.41) is 9.21. The molecule has 1 amide bonds. The Bertz CT molecular complexity index is 605. The van der Waals surface area contributed by atoms with Gasteiger partial charge in [-0.3, -0.25) is 0 Å². The third-order valence-corrected chi connectivity index (χ3v) is 3.46. The van der Waals surface area contributed by atoms with Crippen LogP contribution in [0.4, 0.5) is 14.9 Å². The van der Waals surface area contributed by atoms with Crippen molar-refractivity contribution in [2.24, 2.45) is 0 Å². The van der Waals surface area contributed by atoms with Crippen LogP contribution in [0.3, 0.4) is 0 Å². The maximum atomic E-state index is 14.1. The van der Waals surface area contributed by atoms with Crippen LogP contribution in [0.15, 0.2) is 18.2 Å². The van der Waals surface area contributed by atoms with Crippen LogP contribution in [0.5, 0.6) is 0 Å². The minimum Gasteiger partial charge on any atom is -0.478 e. The number of carbonyl (C=O) groups excluding carboxylic acids is 1. The van der Waals surface area contributed by atoms with Gasteiger partial charge in [-0.15, -0.1) is 0 Å². The number of benzene rings is 1. The van der Waals surface area contributed by atoms with Gasteiger partial charge in [0.15, 0.2) is 0 Å². The number of amides is 1. The minimum atomic E-state index is -1.17. The number of aromatic carboxylic acids is 1. The molecular weight excluding hydrogens is 303 g/mol. The van der Waals surface area contributed by atoms with Crippen LogP contribution in [0.25, 0.3) is 0 Å². The molecule has 1 aromatic carbocycles. The van der Waals surface area contributed by atoms with Crippen LogP contribution < -0.4 is 4.90 Å². The zero-order valence-corrected chi connectivity index (χ0v) is 13.5. The number of hydrogen-bond acceptors (Lipinski definition) is 4. The van der Waals surface area contributed by atoms with Crippen molar-refractivity contribution in [3.63, 3.8) is 0 Å². The summed E-state index contributed by atoms with van der Waals surface area (Å²) >= 11 is 0. The number of piperazine rings is 1. The van der Waals surface area contributed by atoms with Crippen molar-refractivity contribution < 1.29 is 23.8 Å². The van der Waals surface area contributed by atoms with Crippen LogP contribution in [0.2, 0.25) is 0 Å². The molecule has 23 heavy (non-hydrogen) atoms. The SMILES string of the molecule is CC(C)(C)OC(=O)N1CCN(c2c(F)cccc2C(=O)O)CC1. The summed E-state index contributed by atoms with van der Waals surface area (Å²) in [4.78, 5) is 26.5. The molecule has 1 aliphatic heterocycles. The summed E-state index contributed by atoms with van der Waals surface area (Å²) < 4.78 is 19.4. The van der Waals surface area contributed by atoms with Gasteiger partial charge >= 0.3 is 12.1 Å². The smallest absolute Gasteiger partial charge is 0.410 e. The average Bonchev–Trinajstić information content (AvgIpc) is 2.45. The standard InChI is InChI=1S/C16H21FN2O4/c1-16(2,3)23-15(22)19-9-7-18(8-10-19)13-11(14(20)21)5-4-6-12(13)17/h4-6H,7-10H2,1-3H3,(H,20,21). The molecule has 0 aromatic heterocycles. The Morgan fingerprint density at radius 2 is 1.78 bits per heavy atom. The van der Waals surface area contributed by atoms with E-state index in [1.54, 1.807) is 30.6 Å². The maximum Gasteiger partial charge on any atom is 0.410 e. The zero-order valence-electron chi connectivity index (χ0n) is 13.5. The molecule has 0 atom stereocenters. The summed E-state index contributed by atoms with van der Waals surface area (Å²) in [6.45, 7) is 6.77. The molecule has 0 saturated carbocycles. The summed E-state index contributed by atoms with van der Waals surface area (Å²) in [5.74, 6) is -1.75. The molecule has 0 aliphatic carbocycles. The summed E-state index contributed by atoms with van der Waals surface area (Å²) in [5.41, 5.74) is -0.574. The molecule has 1 heterocycles. The second-order valence-electron chi connectivity index (χ2n) is 6.40. The largest absolute Gasteiger partial charge is 0.478 e. The first-order chi connectivity index (χ1) is 10.7. The third-order valence-electron chi connectivity index (χ3n) is 3.46. The van der Waals surface area contributed by atoms with Crippen molar-refractivity contribution in [3.8, 4) is 0 Å². The van der Waals surface area contributed by atoms with Crippen LogP contribution in [-0.2, 0) is 4.74 Å². The van der Waals surface area contributed by atoms with Gasteiger partial charge in [0.05, 0.1) is 11.3 Å². The lowest BCUT2D eigenvalue weighted by Gasteiger charge is -2.37. The molecule has 1 saturated heterocycles. The molecule has 6 nitrogen and oxygen atoms in total. The number of halogens is 1. The second kappa shape index (κ2) is 6.44.